The Bertz CT molecular complexity index is 929. The third-order valence-corrected chi connectivity index (χ3v) is 3.75. The molecule has 0 unspecified atom stereocenters. The molecule has 5 nitrogen and oxygen atoms in total. The molecular weight excluding hydrogens is 339 g/mol. The monoisotopic (exact) mass is 348 g/mol. The summed E-state index contributed by atoms with van der Waals surface area (Å²) in [4.78, 5) is 15.6. The number of carbonyl (C=O) groups is 1. The van der Waals surface area contributed by atoms with E-state index in [2.05, 4.69) is 10.3 Å². The number of fused-ring (bicyclic) bond motifs is 1. The van der Waals surface area contributed by atoms with Gasteiger partial charge in [-0.25, -0.2) is 4.79 Å². The molecular formula is C16H10Cl2N2O3. The Morgan fingerprint density at radius 2 is 1.78 bits per heavy atom. The number of carboxylic acids is 1. The Kier molecular flexibility index (Phi) is 3.98. The van der Waals surface area contributed by atoms with Gasteiger partial charge in [-0.15, -0.1) is 0 Å². The Labute approximate surface area is 141 Å². The lowest BCUT2D eigenvalue weighted by atomic mass is 10.1. The van der Waals surface area contributed by atoms with E-state index in [9.17, 15) is 15.0 Å². The third-order valence-electron chi connectivity index (χ3n) is 3.28. The van der Waals surface area contributed by atoms with Crippen molar-refractivity contribution in [3.63, 3.8) is 0 Å². The molecule has 0 radical (unpaired) electrons. The highest BCUT2D eigenvalue weighted by molar-refractivity contribution is 6.31. The van der Waals surface area contributed by atoms with Gasteiger partial charge in [0.25, 0.3) is 0 Å². The molecule has 0 aliphatic rings. The van der Waals surface area contributed by atoms with Crippen LogP contribution >= 0.6 is 23.2 Å². The molecule has 3 N–H and O–H groups in total. The van der Waals surface area contributed by atoms with Gasteiger partial charge >= 0.3 is 5.97 Å². The summed E-state index contributed by atoms with van der Waals surface area (Å²) in [5.41, 5.74) is 1.10. The first-order valence-electron chi connectivity index (χ1n) is 6.53. The lowest BCUT2D eigenvalue weighted by Crippen LogP contribution is -2.05. The van der Waals surface area contributed by atoms with Crippen LogP contribution in [0.2, 0.25) is 10.0 Å². The van der Waals surface area contributed by atoms with Crippen molar-refractivity contribution in [1.82, 2.24) is 4.98 Å². The van der Waals surface area contributed by atoms with Crippen LogP contribution in [0, 0.1) is 0 Å². The van der Waals surface area contributed by atoms with E-state index in [0.717, 1.165) is 0 Å². The van der Waals surface area contributed by atoms with Crippen molar-refractivity contribution in [2.24, 2.45) is 0 Å². The summed E-state index contributed by atoms with van der Waals surface area (Å²) in [5.74, 6) is -1.21. The zero-order chi connectivity index (χ0) is 16.6. The number of nitrogens with one attached hydrogen (secondary N) is 1. The fraction of sp³-hybridized carbons (Fsp3) is 0. The van der Waals surface area contributed by atoms with Crippen LogP contribution in [0.25, 0.3) is 10.9 Å². The van der Waals surface area contributed by atoms with E-state index >= 15 is 0 Å². The highest BCUT2D eigenvalue weighted by Crippen LogP contribution is 2.35. The van der Waals surface area contributed by atoms with Crippen LogP contribution in [0.5, 0.6) is 5.75 Å². The first-order chi connectivity index (χ1) is 11.0. The number of phenolic OH excluding ortho intramolecular Hbond substituents is 1. The largest absolute Gasteiger partial charge is 0.506 e. The molecule has 0 amide bonds. The van der Waals surface area contributed by atoms with Crippen molar-refractivity contribution < 1.29 is 15.0 Å². The minimum Gasteiger partial charge on any atom is -0.506 e. The van der Waals surface area contributed by atoms with Gasteiger partial charge in [-0.05, 0) is 36.4 Å². The van der Waals surface area contributed by atoms with E-state index in [1.54, 1.807) is 18.2 Å². The second-order valence-electron chi connectivity index (χ2n) is 4.80. The molecule has 1 heterocycles. The summed E-state index contributed by atoms with van der Waals surface area (Å²) in [5, 5.41) is 23.6. The molecule has 2 aromatic carbocycles. The van der Waals surface area contributed by atoms with Crippen LogP contribution in [0.4, 0.5) is 11.4 Å². The number of anilines is 2. The molecule has 0 fully saturated rings. The van der Waals surface area contributed by atoms with Gasteiger partial charge in [0.05, 0.1) is 16.9 Å². The second-order valence-corrected chi connectivity index (χ2v) is 5.67. The Morgan fingerprint density at radius 1 is 1.09 bits per heavy atom. The number of rotatable bonds is 3. The minimum absolute atomic E-state index is 0.0425. The third kappa shape index (κ3) is 3.02. The average Bonchev–Trinajstić information content (AvgIpc) is 2.51. The van der Waals surface area contributed by atoms with Crippen LogP contribution in [0.1, 0.15) is 10.4 Å². The topological polar surface area (TPSA) is 82.5 Å². The van der Waals surface area contributed by atoms with Gasteiger partial charge in [0.15, 0.2) is 0 Å². The van der Waals surface area contributed by atoms with E-state index in [1.165, 1.54) is 24.4 Å². The van der Waals surface area contributed by atoms with Gasteiger partial charge in [-0.2, -0.15) is 0 Å². The summed E-state index contributed by atoms with van der Waals surface area (Å²) in [6.45, 7) is 0. The quantitative estimate of drug-likeness (QED) is 0.598. The predicted octanol–water partition coefficient (Wildman–Crippen LogP) is 4.69. The maximum absolute atomic E-state index is 11.5. The molecule has 3 rings (SSSR count). The molecule has 0 bridgehead atoms. The Hall–Kier alpha value is -2.50. The van der Waals surface area contributed by atoms with E-state index in [4.69, 9.17) is 23.2 Å². The van der Waals surface area contributed by atoms with Gasteiger partial charge < -0.3 is 15.5 Å². The van der Waals surface area contributed by atoms with Gasteiger partial charge in [-0.3, -0.25) is 4.98 Å². The first-order valence-corrected chi connectivity index (χ1v) is 7.28. The second kappa shape index (κ2) is 5.95. The zero-order valence-corrected chi connectivity index (χ0v) is 13.1. The number of halogens is 2. The lowest BCUT2D eigenvalue weighted by molar-refractivity contribution is 0.0697. The summed E-state index contributed by atoms with van der Waals surface area (Å²) < 4.78 is 0. The number of hydrogen-bond donors (Lipinski definition) is 3. The number of nitrogens with zero attached hydrogens (tertiary/aromatic N) is 1. The van der Waals surface area contributed by atoms with Crippen molar-refractivity contribution in [1.29, 1.82) is 0 Å². The van der Waals surface area contributed by atoms with E-state index in [0.29, 0.717) is 20.9 Å². The standard InChI is InChI=1S/C16H10Cl2N2O3/c17-8-1-3-12-10(5-8)15(11(7-19-12)16(22)23)20-13-6-9(18)2-4-14(13)21/h1-7,21H,(H,19,20)(H,22,23). The normalized spacial score (nSPS) is 10.7. The maximum atomic E-state index is 11.5. The number of pyridine rings is 1. The van der Waals surface area contributed by atoms with Crippen molar-refractivity contribution in [3.8, 4) is 5.75 Å². The van der Waals surface area contributed by atoms with Crippen molar-refractivity contribution >= 4 is 51.4 Å². The Balaban J connectivity index is 2.25. The van der Waals surface area contributed by atoms with E-state index in [-0.39, 0.29) is 22.7 Å². The van der Waals surface area contributed by atoms with Gasteiger partial charge in [0.2, 0.25) is 0 Å². The smallest absolute Gasteiger partial charge is 0.339 e. The molecule has 23 heavy (non-hydrogen) atoms. The fourth-order valence-corrected chi connectivity index (χ4v) is 2.55. The predicted molar refractivity (Wildman–Crippen MR) is 90.1 cm³/mol. The van der Waals surface area contributed by atoms with Crippen LogP contribution in [-0.2, 0) is 0 Å². The number of benzene rings is 2. The number of carboxylic acid groups (broad SMARTS) is 1. The molecule has 1 aromatic heterocycles. The van der Waals surface area contributed by atoms with Gasteiger partial charge in [-0.1, -0.05) is 23.2 Å². The fourth-order valence-electron chi connectivity index (χ4n) is 2.20. The minimum atomic E-state index is -1.15. The molecule has 0 saturated carbocycles. The summed E-state index contributed by atoms with van der Waals surface area (Å²) in [6, 6.07) is 9.41. The van der Waals surface area contributed by atoms with Crippen molar-refractivity contribution in [2.75, 3.05) is 5.32 Å². The van der Waals surface area contributed by atoms with Crippen molar-refractivity contribution in [2.45, 2.75) is 0 Å². The molecule has 0 aliphatic carbocycles. The molecule has 3 aromatic rings. The molecule has 0 saturated heterocycles. The molecule has 0 atom stereocenters. The molecule has 7 heteroatoms. The number of aromatic hydroxyl groups is 1. The number of phenols is 1. The number of hydrogen-bond acceptors (Lipinski definition) is 4. The Morgan fingerprint density at radius 3 is 2.52 bits per heavy atom. The van der Waals surface area contributed by atoms with Gasteiger partial charge in [0, 0.05) is 21.6 Å². The number of aromatic carboxylic acids is 1. The summed E-state index contributed by atoms with van der Waals surface area (Å²) in [7, 11) is 0. The first kappa shape index (κ1) is 15.4. The summed E-state index contributed by atoms with van der Waals surface area (Å²) in [6.07, 6.45) is 1.25. The molecule has 0 spiro atoms. The van der Waals surface area contributed by atoms with Crippen LogP contribution in [0.15, 0.2) is 42.6 Å². The zero-order valence-electron chi connectivity index (χ0n) is 11.5. The average molecular weight is 349 g/mol. The highest BCUT2D eigenvalue weighted by atomic mass is 35.5. The van der Waals surface area contributed by atoms with Crippen molar-refractivity contribution in [3.05, 3.63) is 58.2 Å². The van der Waals surface area contributed by atoms with Gasteiger partial charge in [0.1, 0.15) is 11.3 Å². The summed E-state index contributed by atoms with van der Waals surface area (Å²) >= 11 is 11.9. The van der Waals surface area contributed by atoms with Crippen LogP contribution in [0.3, 0.4) is 0 Å². The lowest BCUT2D eigenvalue weighted by Gasteiger charge is -2.14. The highest BCUT2D eigenvalue weighted by Gasteiger charge is 2.16. The maximum Gasteiger partial charge on any atom is 0.339 e. The SMILES string of the molecule is O=C(O)c1cnc2ccc(Cl)cc2c1Nc1cc(Cl)ccc1O. The van der Waals surface area contributed by atoms with Crippen LogP contribution in [-0.4, -0.2) is 21.2 Å². The molecule has 0 aliphatic heterocycles. The van der Waals surface area contributed by atoms with E-state index < -0.39 is 5.97 Å². The van der Waals surface area contributed by atoms with Crippen LogP contribution < -0.4 is 5.32 Å². The molecule has 116 valence electrons. The van der Waals surface area contributed by atoms with E-state index in [1.807, 2.05) is 0 Å². The number of aromatic nitrogens is 1.